The van der Waals surface area contributed by atoms with Gasteiger partial charge in [-0.1, -0.05) is 25.1 Å². The van der Waals surface area contributed by atoms with E-state index in [1.807, 2.05) is 0 Å². The van der Waals surface area contributed by atoms with Crippen molar-refractivity contribution in [3.8, 4) is 0 Å². The Kier molecular flexibility index (Phi) is 5.09. The van der Waals surface area contributed by atoms with Crippen LogP contribution in [-0.2, 0) is 6.54 Å². The minimum Gasteiger partial charge on any atom is -0.371 e. The van der Waals surface area contributed by atoms with Crippen molar-refractivity contribution < 1.29 is 0 Å². The average Bonchev–Trinajstić information content (AvgIpc) is 2.61. The number of nitrogens with zero attached hydrogens (tertiary/aromatic N) is 1. The molecule has 1 N–H and O–H groups in total. The van der Waals surface area contributed by atoms with Gasteiger partial charge in [-0.3, -0.25) is 0 Å². The zero-order valence-corrected chi connectivity index (χ0v) is 13.6. The first-order chi connectivity index (χ1) is 9.46. The van der Waals surface area contributed by atoms with Crippen LogP contribution >= 0.6 is 0 Å². The van der Waals surface area contributed by atoms with Crippen molar-refractivity contribution in [2.45, 2.75) is 59.0 Å². The number of nitrogens with one attached hydrogen (secondary N) is 1. The molecule has 20 heavy (non-hydrogen) atoms. The first kappa shape index (κ1) is 15.4. The first-order valence-electron chi connectivity index (χ1n) is 8.03. The van der Waals surface area contributed by atoms with Gasteiger partial charge in [0.15, 0.2) is 0 Å². The Morgan fingerprint density at radius 3 is 2.65 bits per heavy atom. The lowest BCUT2D eigenvalue weighted by atomic mass is 10.0. The Hall–Kier alpha value is -1.02. The van der Waals surface area contributed by atoms with Gasteiger partial charge in [-0.2, -0.15) is 0 Å². The molecule has 0 saturated carbocycles. The molecule has 0 radical (unpaired) electrons. The average molecular weight is 274 g/mol. The molecule has 0 aliphatic carbocycles. The Balaban J connectivity index is 2.10. The maximum atomic E-state index is 3.62. The molecule has 2 rings (SSSR count). The van der Waals surface area contributed by atoms with Crippen molar-refractivity contribution in [1.82, 2.24) is 5.32 Å². The molecule has 1 fully saturated rings. The van der Waals surface area contributed by atoms with E-state index in [2.05, 4.69) is 62.2 Å². The molecule has 2 nitrogen and oxygen atoms in total. The van der Waals surface area contributed by atoms with E-state index < -0.39 is 0 Å². The van der Waals surface area contributed by atoms with Crippen LogP contribution < -0.4 is 10.2 Å². The van der Waals surface area contributed by atoms with Gasteiger partial charge in [0.05, 0.1) is 0 Å². The molecule has 1 aliphatic heterocycles. The highest BCUT2D eigenvalue weighted by atomic mass is 15.1. The van der Waals surface area contributed by atoms with Gasteiger partial charge in [-0.25, -0.2) is 0 Å². The van der Waals surface area contributed by atoms with Gasteiger partial charge in [0.2, 0.25) is 0 Å². The summed E-state index contributed by atoms with van der Waals surface area (Å²) in [5.74, 6) is 0.875. The molecule has 1 unspecified atom stereocenters. The second-order valence-corrected chi connectivity index (χ2v) is 7.26. The summed E-state index contributed by atoms with van der Waals surface area (Å²) in [6.07, 6.45) is 4.02. The first-order valence-corrected chi connectivity index (χ1v) is 8.03. The van der Waals surface area contributed by atoms with Crippen LogP contribution in [0.1, 0.15) is 52.5 Å². The third-order valence-corrected chi connectivity index (χ3v) is 4.16. The summed E-state index contributed by atoms with van der Waals surface area (Å²) in [5, 5.41) is 3.62. The van der Waals surface area contributed by atoms with E-state index in [-0.39, 0.29) is 5.54 Å². The van der Waals surface area contributed by atoms with Gasteiger partial charge in [0.25, 0.3) is 0 Å². The van der Waals surface area contributed by atoms with Crippen LogP contribution in [0.4, 0.5) is 5.69 Å². The number of rotatable bonds is 3. The van der Waals surface area contributed by atoms with Crippen LogP contribution in [-0.4, -0.2) is 18.6 Å². The van der Waals surface area contributed by atoms with Crippen molar-refractivity contribution in [2.75, 3.05) is 18.0 Å². The largest absolute Gasteiger partial charge is 0.371 e. The lowest BCUT2D eigenvalue weighted by molar-refractivity contribution is 0.424. The van der Waals surface area contributed by atoms with Gasteiger partial charge in [0, 0.05) is 30.9 Å². The molecule has 1 aromatic carbocycles. The fourth-order valence-electron chi connectivity index (χ4n) is 2.83. The van der Waals surface area contributed by atoms with Crippen LogP contribution in [0.25, 0.3) is 0 Å². The molecular weight excluding hydrogens is 244 g/mol. The van der Waals surface area contributed by atoms with Crippen LogP contribution in [0, 0.1) is 5.92 Å². The summed E-state index contributed by atoms with van der Waals surface area (Å²) < 4.78 is 0. The summed E-state index contributed by atoms with van der Waals surface area (Å²) in [7, 11) is 0. The van der Waals surface area contributed by atoms with Crippen LogP contribution in [0.15, 0.2) is 24.3 Å². The summed E-state index contributed by atoms with van der Waals surface area (Å²) >= 11 is 0. The minimum atomic E-state index is 0.167. The van der Waals surface area contributed by atoms with Crippen LogP contribution in [0.3, 0.4) is 0 Å². The summed E-state index contributed by atoms with van der Waals surface area (Å²) in [6.45, 7) is 12.4. The number of benzene rings is 1. The number of hydrogen-bond donors (Lipinski definition) is 1. The second-order valence-electron chi connectivity index (χ2n) is 7.26. The Morgan fingerprint density at radius 2 is 1.90 bits per heavy atom. The molecule has 0 bridgehead atoms. The van der Waals surface area contributed by atoms with E-state index in [1.165, 1.54) is 43.6 Å². The van der Waals surface area contributed by atoms with Gasteiger partial charge >= 0.3 is 0 Å². The van der Waals surface area contributed by atoms with E-state index >= 15 is 0 Å². The summed E-state index contributed by atoms with van der Waals surface area (Å²) in [4.78, 5) is 2.59. The lowest BCUT2D eigenvalue weighted by Crippen LogP contribution is -2.36. The topological polar surface area (TPSA) is 15.3 Å². The maximum absolute atomic E-state index is 3.62. The molecule has 1 aliphatic rings. The fourth-order valence-corrected chi connectivity index (χ4v) is 2.83. The zero-order chi connectivity index (χ0) is 14.6. The summed E-state index contributed by atoms with van der Waals surface area (Å²) in [6, 6.07) is 8.88. The smallest absolute Gasteiger partial charge is 0.0411 e. The molecule has 0 aromatic heterocycles. The molecule has 1 aromatic rings. The fraction of sp³-hybridized carbons (Fsp3) is 0.667. The Morgan fingerprint density at radius 1 is 1.15 bits per heavy atom. The highest BCUT2D eigenvalue weighted by molar-refractivity contribution is 5.53. The van der Waals surface area contributed by atoms with Crippen molar-refractivity contribution in [2.24, 2.45) is 5.92 Å². The molecule has 2 heteroatoms. The summed E-state index contributed by atoms with van der Waals surface area (Å²) in [5.41, 5.74) is 3.02. The van der Waals surface area contributed by atoms with E-state index in [1.54, 1.807) is 0 Å². The Labute approximate surface area is 124 Å². The van der Waals surface area contributed by atoms with Gasteiger partial charge in [-0.05, 0) is 57.6 Å². The quantitative estimate of drug-likeness (QED) is 0.888. The third-order valence-electron chi connectivity index (χ3n) is 4.16. The maximum Gasteiger partial charge on any atom is 0.0411 e. The normalized spacial score (nSPS) is 20.8. The number of para-hydroxylation sites is 1. The molecule has 112 valence electrons. The molecule has 1 saturated heterocycles. The molecule has 1 atom stereocenters. The third kappa shape index (κ3) is 4.52. The predicted octanol–water partition coefficient (Wildman–Crippen LogP) is 4.20. The highest BCUT2D eigenvalue weighted by Gasteiger charge is 2.17. The van der Waals surface area contributed by atoms with Crippen LogP contribution in [0.2, 0.25) is 0 Å². The standard InChI is InChI=1S/C18H30N2/c1-15-8-7-12-20(13-11-15)17-10-6-5-9-16(17)14-19-18(2,3)4/h5-6,9-10,15,19H,7-8,11-14H2,1-4H3. The zero-order valence-electron chi connectivity index (χ0n) is 13.6. The molecule has 0 amide bonds. The van der Waals surface area contributed by atoms with E-state index in [0.717, 1.165) is 12.5 Å². The van der Waals surface area contributed by atoms with E-state index in [0.29, 0.717) is 0 Å². The molecule has 1 heterocycles. The van der Waals surface area contributed by atoms with Gasteiger partial charge in [-0.15, -0.1) is 0 Å². The van der Waals surface area contributed by atoms with Crippen molar-refractivity contribution >= 4 is 5.69 Å². The Bertz CT molecular complexity index is 420. The number of hydrogen-bond acceptors (Lipinski definition) is 2. The predicted molar refractivity (Wildman–Crippen MR) is 88.3 cm³/mol. The van der Waals surface area contributed by atoms with Gasteiger partial charge in [0.1, 0.15) is 0 Å². The minimum absolute atomic E-state index is 0.167. The van der Waals surface area contributed by atoms with Gasteiger partial charge < -0.3 is 10.2 Å². The highest BCUT2D eigenvalue weighted by Crippen LogP contribution is 2.25. The van der Waals surface area contributed by atoms with E-state index in [4.69, 9.17) is 0 Å². The molecular formula is C18H30N2. The second kappa shape index (κ2) is 6.62. The van der Waals surface area contributed by atoms with Crippen LogP contribution in [0.5, 0.6) is 0 Å². The van der Waals surface area contributed by atoms with Crippen molar-refractivity contribution in [1.29, 1.82) is 0 Å². The molecule has 0 spiro atoms. The SMILES string of the molecule is CC1CCCN(c2ccccc2CNC(C)(C)C)CC1. The lowest BCUT2D eigenvalue weighted by Gasteiger charge is -2.27. The number of anilines is 1. The van der Waals surface area contributed by atoms with Crippen molar-refractivity contribution in [3.05, 3.63) is 29.8 Å². The monoisotopic (exact) mass is 274 g/mol. The van der Waals surface area contributed by atoms with Crippen molar-refractivity contribution in [3.63, 3.8) is 0 Å². The van der Waals surface area contributed by atoms with E-state index in [9.17, 15) is 0 Å².